The lowest BCUT2D eigenvalue weighted by Gasteiger charge is -2.08. The maximum atomic E-state index is 13.3. The molecule has 0 heterocycles. The molecule has 0 atom stereocenters. The summed E-state index contributed by atoms with van der Waals surface area (Å²) in [6, 6.07) is 2.23. The molecular formula is C11H10F2O2. The van der Waals surface area contributed by atoms with Crippen molar-refractivity contribution >= 4 is 5.78 Å². The van der Waals surface area contributed by atoms with Crippen LogP contribution in [0, 0.1) is 17.6 Å². The Morgan fingerprint density at radius 2 is 2.07 bits per heavy atom. The van der Waals surface area contributed by atoms with Gasteiger partial charge in [0.15, 0.2) is 17.3 Å². The molecule has 15 heavy (non-hydrogen) atoms. The van der Waals surface area contributed by atoms with Crippen molar-refractivity contribution < 1.29 is 18.3 Å². The van der Waals surface area contributed by atoms with Gasteiger partial charge >= 0.3 is 0 Å². The van der Waals surface area contributed by atoms with E-state index in [9.17, 15) is 13.6 Å². The summed E-state index contributed by atoms with van der Waals surface area (Å²) in [4.78, 5) is 11.7. The monoisotopic (exact) mass is 212 g/mol. The molecule has 1 aliphatic rings. The number of carbonyl (C=O) groups excluding carboxylic acids is 1. The second kappa shape index (κ2) is 3.61. The Balaban J connectivity index is 2.46. The maximum absolute atomic E-state index is 13.3. The molecule has 0 spiro atoms. The Kier molecular flexibility index (Phi) is 2.42. The molecule has 0 saturated heterocycles. The van der Waals surface area contributed by atoms with Crippen LogP contribution in [0.15, 0.2) is 12.1 Å². The quantitative estimate of drug-likeness (QED) is 0.720. The normalized spacial score (nSPS) is 15.1. The molecule has 0 N–H and O–H groups in total. The third-order valence-electron chi connectivity index (χ3n) is 2.47. The smallest absolute Gasteiger partial charge is 0.201 e. The van der Waals surface area contributed by atoms with Gasteiger partial charge in [0.05, 0.1) is 12.7 Å². The summed E-state index contributed by atoms with van der Waals surface area (Å²) in [5.74, 6) is -2.58. The van der Waals surface area contributed by atoms with E-state index in [2.05, 4.69) is 0 Å². The highest BCUT2D eigenvalue weighted by molar-refractivity contribution is 6.01. The Hall–Kier alpha value is -1.45. The summed E-state index contributed by atoms with van der Waals surface area (Å²) in [6.07, 6.45) is 1.64. The molecule has 1 aliphatic carbocycles. The predicted molar refractivity (Wildman–Crippen MR) is 50.0 cm³/mol. The minimum absolute atomic E-state index is 0.0382. The molecule has 1 aromatic rings. The van der Waals surface area contributed by atoms with Gasteiger partial charge in [-0.05, 0) is 25.0 Å². The molecule has 1 saturated carbocycles. The lowest BCUT2D eigenvalue weighted by Crippen LogP contribution is -2.06. The minimum Gasteiger partial charge on any atom is -0.493 e. The summed E-state index contributed by atoms with van der Waals surface area (Å²) in [5, 5.41) is 0. The van der Waals surface area contributed by atoms with Crippen molar-refractivity contribution in [2.75, 3.05) is 7.11 Å². The maximum Gasteiger partial charge on any atom is 0.201 e. The first kappa shape index (κ1) is 10.1. The zero-order chi connectivity index (χ0) is 11.0. The van der Waals surface area contributed by atoms with Crippen LogP contribution in [0.25, 0.3) is 0 Å². The Morgan fingerprint density at radius 1 is 1.40 bits per heavy atom. The molecule has 0 radical (unpaired) electrons. The highest BCUT2D eigenvalue weighted by Crippen LogP contribution is 2.36. The zero-order valence-corrected chi connectivity index (χ0v) is 8.22. The number of hydrogen-bond acceptors (Lipinski definition) is 2. The molecule has 0 amide bonds. The fourth-order valence-electron chi connectivity index (χ4n) is 1.49. The van der Waals surface area contributed by atoms with Crippen molar-refractivity contribution in [3.05, 3.63) is 29.3 Å². The van der Waals surface area contributed by atoms with Crippen molar-refractivity contribution in [2.45, 2.75) is 12.8 Å². The topological polar surface area (TPSA) is 26.3 Å². The number of ether oxygens (including phenoxy) is 1. The average Bonchev–Trinajstić information content (AvgIpc) is 3.04. The van der Waals surface area contributed by atoms with E-state index in [0.717, 1.165) is 18.9 Å². The van der Waals surface area contributed by atoms with Crippen molar-refractivity contribution in [1.82, 2.24) is 0 Å². The highest BCUT2D eigenvalue weighted by atomic mass is 19.2. The molecule has 0 aliphatic heterocycles. The highest BCUT2D eigenvalue weighted by Gasteiger charge is 2.33. The molecule has 1 fully saturated rings. The number of rotatable bonds is 3. The fourth-order valence-corrected chi connectivity index (χ4v) is 1.49. The van der Waals surface area contributed by atoms with Gasteiger partial charge < -0.3 is 4.74 Å². The van der Waals surface area contributed by atoms with Crippen molar-refractivity contribution in [2.24, 2.45) is 5.92 Å². The first-order valence-electron chi connectivity index (χ1n) is 4.71. The lowest BCUT2D eigenvalue weighted by molar-refractivity contribution is 0.0963. The first-order chi connectivity index (χ1) is 7.15. The minimum atomic E-state index is -1.09. The van der Waals surface area contributed by atoms with Gasteiger partial charge in [-0.15, -0.1) is 0 Å². The van der Waals surface area contributed by atoms with Crippen LogP contribution in [-0.4, -0.2) is 12.9 Å². The van der Waals surface area contributed by atoms with E-state index >= 15 is 0 Å². The molecule has 4 heteroatoms. The van der Waals surface area contributed by atoms with Gasteiger partial charge in [0.25, 0.3) is 0 Å². The summed E-state index contributed by atoms with van der Waals surface area (Å²) in [7, 11) is 1.22. The first-order valence-corrected chi connectivity index (χ1v) is 4.71. The largest absolute Gasteiger partial charge is 0.493 e. The van der Waals surface area contributed by atoms with Crippen LogP contribution in [0.4, 0.5) is 8.78 Å². The van der Waals surface area contributed by atoms with Gasteiger partial charge in [-0.3, -0.25) is 4.79 Å². The molecule has 2 rings (SSSR count). The summed E-state index contributed by atoms with van der Waals surface area (Å²) in [6.45, 7) is 0. The van der Waals surface area contributed by atoms with Crippen LogP contribution >= 0.6 is 0 Å². The van der Waals surface area contributed by atoms with Gasteiger partial charge in [0, 0.05) is 5.92 Å². The van der Waals surface area contributed by atoms with Gasteiger partial charge in [-0.2, -0.15) is 4.39 Å². The van der Waals surface area contributed by atoms with Crippen LogP contribution < -0.4 is 4.74 Å². The van der Waals surface area contributed by atoms with Crippen molar-refractivity contribution in [3.63, 3.8) is 0 Å². The number of hydrogen-bond donors (Lipinski definition) is 0. The van der Waals surface area contributed by atoms with Gasteiger partial charge in [0.1, 0.15) is 0 Å². The Labute approximate surface area is 85.9 Å². The summed E-state index contributed by atoms with van der Waals surface area (Å²) in [5.41, 5.74) is 0.138. The van der Waals surface area contributed by atoms with E-state index in [1.54, 1.807) is 0 Å². The number of carbonyl (C=O) groups is 1. The summed E-state index contributed by atoms with van der Waals surface area (Å²) < 4.78 is 30.8. The molecule has 0 unspecified atom stereocenters. The number of ketones is 1. The molecule has 80 valence electrons. The SMILES string of the molecule is COc1c(C(=O)C2CC2)ccc(F)c1F. The van der Waals surface area contributed by atoms with Crippen LogP contribution in [0.5, 0.6) is 5.75 Å². The number of halogens is 2. The average molecular weight is 212 g/mol. The van der Waals surface area contributed by atoms with E-state index < -0.39 is 11.6 Å². The predicted octanol–water partition coefficient (Wildman–Crippen LogP) is 2.57. The van der Waals surface area contributed by atoms with E-state index in [1.165, 1.54) is 13.2 Å². The van der Waals surface area contributed by atoms with Crippen LogP contribution in [0.3, 0.4) is 0 Å². The third kappa shape index (κ3) is 1.71. The molecule has 0 bridgehead atoms. The van der Waals surface area contributed by atoms with Gasteiger partial charge in [0.2, 0.25) is 5.82 Å². The van der Waals surface area contributed by atoms with Crippen molar-refractivity contribution in [1.29, 1.82) is 0 Å². The Bertz CT molecular complexity index is 411. The third-order valence-corrected chi connectivity index (χ3v) is 2.47. The van der Waals surface area contributed by atoms with Gasteiger partial charge in [-0.1, -0.05) is 0 Å². The Morgan fingerprint density at radius 3 is 2.60 bits per heavy atom. The van der Waals surface area contributed by atoms with Crippen LogP contribution in [0.1, 0.15) is 23.2 Å². The van der Waals surface area contributed by atoms with E-state index in [1.807, 2.05) is 0 Å². The molecule has 1 aromatic carbocycles. The second-order valence-corrected chi connectivity index (χ2v) is 3.58. The van der Waals surface area contributed by atoms with Crippen LogP contribution in [-0.2, 0) is 0 Å². The molecule has 2 nitrogen and oxygen atoms in total. The van der Waals surface area contributed by atoms with E-state index in [0.29, 0.717) is 0 Å². The van der Waals surface area contributed by atoms with E-state index in [-0.39, 0.29) is 23.0 Å². The fraction of sp³-hybridized carbons (Fsp3) is 0.364. The molecule has 0 aromatic heterocycles. The van der Waals surface area contributed by atoms with Crippen molar-refractivity contribution in [3.8, 4) is 5.75 Å². The van der Waals surface area contributed by atoms with E-state index in [4.69, 9.17) is 4.74 Å². The number of Topliss-reactive ketones (excluding diaryl/α,β-unsaturated/α-hetero) is 1. The standard InChI is InChI=1S/C11H10F2O2/c1-15-11-7(10(14)6-2-3-6)4-5-8(12)9(11)13/h4-6H,2-3H2,1H3. The number of methoxy groups -OCH3 is 1. The summed E-state index contributed by atoms with van der Waals surface area (Å²) >= 11 is 0. The second-order valence-electron chi connectivity index (χ2n) is 3.58. The number of benzene rings is 1. The van der Waals surface area contributed by atoms with Crippen LogP contribution in [0.2, 0.25) is 0 Å². The van der Waals surface area contributed by atoms with Gasteiger partial charge in [-0.25, -0.2) is 4.39 Å². The molecular weight excluding hydrogens is 202 g/mol. The zero-order valence-electron chi connectivity index (χ0n) is 8.22. The lowest BCUT2D eigenvalue weighted by atomic mass is 10.1.